The summed E-state index contributed by atoms with van der Waals surface area (Å²) in [5.41, 5.74) is 6.18. The Morgan fingerprint density at radius 1 is 1.32 bits per heavy atom. The minimum Gasteiger partial charge on any atom is -0.318 e. The third-order valence-electron chi connectivity index (χ3n) is 2.66. The van der Waals surface area contributed by atoms with Crippen LogP contribution in [0, 0.1) is 0 Å². The van der Waals surface area contributed by atoms with E-state index in [4.69, 9.17) is 5.73 Å². The summed E-state index contributed by atoms with van der Waals surface area (Å²) >= 11 is 3.29. The number of pyridine rings is 1. The lowest BCUT2D eigenvalue weighted by Crippen LogP contribution is -2.18. The van der Waals surface area contributed by atoms with Crippen LogP contribution in [0.25, 0.3) is 0 Å². The number of aromatic nitrogens is 3. The summed E-state index contributed by atoms with van der Waals surface area (Å²) in [7, 11) is 1.70. The van der Waals surface area contributed by atoms with E-state index in [0.29, 0.717) is 15.9 Å². The van der Waals surface area contributed by atoms with Crippen molar-refractivity contribution in [1.29, 1.82) is 0 Å². The molecule has 0 amide bonds. The van der Waals surface area contributed by atoms with Gasteiger partial charge >= 0.3 is 6.18 Å². The van der Waals surface area contributed by atoms with E-state index in [9.17, 15) is 13.2 Å². The fourth-order valence-corrected chi connectivity index (χ4v) is 2.26. The molecule has 0 aromatic carbocycles. The highest BCUT2D eigenvalue weighted by Crippen LogP contribution is 2.30. The maximum atomic E-state index is 12.4. The van der Waals surface area contributed by atoms with Gasteiger partial charge in [-0.05, 0) is 28.1 Å². The number of alkyl halides is 3. The number of nitrogens with zero attached hydrogens (tertiary/aromatic N) is 3. The third-order valence-corrected chi connectivity index (χ3v) is 3.28. The van der Waals surface area contributed by atoms with Gasteiger partial charge in [-0.3, -0.25) is 9.67 Å². The Labute approximate surface area is 115 Å². The molecule has 0 aliphatic carbocycles. The molecule has 19 heavy (non-hydrogen) atoms. The van der Waals surface area contributed by atoms with Gasteiger partial charge in [0.25, 0.3) is 0 Å². The topological polar surface area (TPSA) is 56.7 Å². The predicted octanol–water partition coefficient (Wildman–Crippen LogP) is 2.64. The van der Waals surface area contributed by atoms with Gasteiger partial charge in [0.15, 0.2) is 0 Å². The second-order valence-electron chi connectivity index (χ2n) is 3.95. The molecule has 0 bridgehead atoms. The molecule has 1 unspecified atom stereocenters. The summed E-state index contributed by atoms with van der Waals surface area (Å²) < 4.78 is 39.5. The van der Waals surface area contributed by atoms with Crippen LogP contribution < -0.4 is 5.73 Å². The van der Waals surface area contributed by atoms with Crippen LogP contribution in [0.5, 0.6) is 0 Å². The second-order valence-corrected chi connectivity index (χ2v) is 4.80. The molecule has 0 saturated heterocycles. The number of aryl methyl sites for hydroxylation is 1. The smallest absolute Gasteiger partial charge is 0.318 e. The van der Waals surface area contributed by atoms with Crippen molar-refractivity contribution in [3.05, 3.63) is 46.0 Å². The molecule has 8 heteroatoms. The minimum atomic E-state index is -4.40. The Hall–Kier alpha value is -1.41. The van der Waals surface area contributed by atoms with E-state index in [2.05, 4.69) is 26.0 Å². The Kier molecular flexibility index (Phi) is 3.64. The first-order valence-corrected chi connectivity index (χ1v) is 6.06. The van der Waals surface area contributed by atoms with Gasteiger partial charge in [-0.2, -0.15) is 18.3 Å². The van der Waals surface area contributed by atoms with E-state index in [0.717, 1.165) is 12.3 Å². The van der Waals surface area contributed by atoms with Gasteiger partial charge in [-0.15, -0.1) is 0 Å². The highest BCUT2D eigenvalue weighted by molar-refractivity contribution is 9.10. The lowest BCUT2D eigenvalue weighted by atomic mass is 10.1. The largest absolute Gasteiger partial charge is 0.417 e. The third kappa shape index (κ3) is 2.79. The normalized spacial score (nSPS) is 13.6. The average molecular weight is 335 g/mol. The molecular formula is C11H10BrF3N4. The Balaban J connectivity index is 2.33. The van der Waals surface area contributed by atoms with E-state index in [-0.39, 0.29) is 0 Å². The van der Waals surface area contributed by atoms with Crippen molar-refractivity contribution in [1.82, 2.24) is 14.8 Å². The molecular weight excluding hydrogens is 325 g/mol. The summed E-state index contributed by atoms with van der Waals surface area (Å²) in [6, 6.07) is 1.59. The van der Waals surface area contributed by atoms with Gasteiger partial charge in [0.05, 0.1) is 33.7 Å². The standard InChI is InChI=1S/C11H10BrF3N4/c1-19-10(7(12)5-18-19)9(16)8-3-2-6(4-17-8)11(13,14)15/h2-5,9H,16H2,1H3. The first-order chi connectivity index (χ1) is 8.80. The lowest BCUT2D eigenvalue weighted by molar-refractivity contribution is -0.137. The van der Waals surface area contributed by atoms with Crippen LogP contribution in [0.4, 0.5) is 13.2 Å². The van der Waals surface area contributed by atoms with Gasteiger partial charge in [-0.1, -0.05) is 0 Å². The first kappa shape index (κ1) is 14.0. The van der Waals surface area contributed by atoms with Crippen molar-refractivity contribution in [3.8, 4) is 0 Å². The zero-order valence-electron chi connectivity index (χ0n) is 9.82. The first-order valence-electron chi connectivity index (χ1n) is 5.27. The molecule has 0 saturated carbocycles. The number of rotatable bonds is 2. The van der Waals surface area contributed by atoms with Crippen molar-refractivity contribution in [3.63, 3.8) is 0 Å². The Morgan fingerprint density at radius 2 is 2.00 bits per heavy atom. The van der Waals surface area contributed by atoms with Crippen LogP contribution in [0.3, 0.4) is 0 Å². The van der Waals surface area contributed by atoms with Gasteiger partial charge < -0.3 is 5.73 Å². The molecule has 1 atom stereocenters. The summed E-state index contributed by atoms with van der Waals surface area (Å²) in [4.78, 5) is 3.78. The molecule has 2 rings (SSSR count). The number of hydrogen-bond acceptors (Lipinski definition) is 3. The summed E-state index contributed by atoms with van der Waals surface area (Å²) in [6.45, 7) is 0. The zero-order chi connectivity index (χ0) is 14.2. The van der Waals surface area contributed by atoms with Crippen molar-refractivity contribution in [2.75, 3.05) is 0 Å². The van der Waals surface area contributed by atoms with Crippen molar-refractivity contribution in [2.24, 2.45) is 12.8 Å². The van der Waals surface area contributed by atoms with Crippen LogP contribution in [0.1, 0.15) is 23.0 Å². The molecule has 0 aliphatic rings. The maximum Gasteiger partial charge on any atom is 0.417 e. The van der Waals surface area contributed by atoms with Gasteiger partial charge in [0.1, 0.15) is 0 Å². The van der Waals surface area contributed by atoms with Crippen molar-refractivity contribution in [2.45, 2.75) is 12.2 Å². The molecule has 102 valence electrons. The SMILES string of the molecule is Cn1ncc(Br)c1C(N)c1ccc(C(F)(F)F)cn1. The molecule has 0 aliphatic heterocycles. The van der Waals surface area contributed by atoms with Gasteiger partial charge in [0, 0.05) is 13.2 Å². The van der Waals surface area contributed by atoms with E-state index < -0.39 is 17.8 Å². The summed E-state index contributed by atoms with van der Waals surface area (Å²) in [5, 5.41) is 4.00. The van der Waals surface area contributed by atoms with Crippen molar-refractivity contribution >= 4 is 15.9 Å². The Morgan fingerprint density at radius 3 is 2.42 bits per heavy atom. The fourth-order valence-electron chi connectivity index (χ4n) is 1.67. The lowest BCUT2D eigenvalue weighted by Gasteiger charge is -2.13. The average Bonchev–Trinajstić information content (AvgIpc) is 2.67. The number of nitrogens with two attached hydrogens (primary N) is 1. The summed E-state index contributed by atoms with van der Waals surface area (Å²) in [5.74, 6) is 0. The number of hydrogen-bond donors (Lipinski definition) is 1. The molecule has 2 heterocycles. The van der Waals surface area contributed by atoms with Crippen LogP contribution in [0.15, 0.2) is 29.0 Å². The van der Waals surface area contributed by atoms with Crippen LogP contribution in [0.2, 0.25) is 0 Å². The number of halogens is 4. The van der Waals surface area contributed by atoms with E-state index in [1.165, 1.54) is 6.07 Å². The molecule has 0 radical (unpaired) electrons. The van der Waals surface area contributed by atoms with E-state index >= 15 is 0 Å². The molecule has 0 spiro atoms. The molecule has 4 nitrogen and oxygen atoms in total. The Bertz CT molecular complexity index is 557. The van der Waals surface area contributed by atoms with Gasteiger partial charge in [0.2, 0.25) is 0 Å². The molecule has 2 aromatic heterocycles. The monoisotopic (exact) mass is 334 g/mol. The highest BCUT2D eigenvalue weighted by atomic mass is 79.9. The minimum absolute atomic E-state index is 0.345. The van der Waals surface area contributed by atoms with Crippen LogP contribution >= 0.6 is 15.9 Å². The second kappa shape index (κ2) is 4.93. The molecule has 2 N–H and O–H groups in total. The van der Waals surface area contributed by atoms with Gasteiger partial charge in [-0.25, -0.2) is 0 Å². The van der Waals surface area contributed by atoms with Crippen LogP contribution in [-0.2, 0) is 13.2 Å². The van der Waals surface area contributed by atoms with E-state index in [1.54, 1.807) is 17.9 Å². The van der Waals surface area contributed by atoms with Crippen molar-refractivity contribution < 1.29 is 13.2 Å². The predicted molar refractivity (Wildman–Crippen MR) is 66.2 cm³/mol. The summed E-state index contributed by atoms with van der Waals surface area (Å²) in [6.07, 6.45) is -2.05. The fraction of sp³-hybridized carbons (Fsp3) is 0.273. The molecule has 2 aromatic rings. The quantitative estimate of drug-likeness (QED) is 0.918. The highest BCUT2D eigenvalue weighted by Gasteiger charge is 2.31. The van der Waals surface area contributed by atoms with Crippen LogP contribution in [-0.4, -0.2) is 14.8 Å². The van der Waals surface area contributed by atoms with E-state index in [1.807, 2.05) is 0 Å². The zero-order valence-corrected chi connectivity index (χ0v) is 11.4. The molecule has 0 fully saturated rings. The maximum absolute atomic E-state index is 12.4.